The molecule has 1 amide bonds. The van der Waals surface area contributed by atoms with Gasteiger partial charge < -0.3 is 14.6 Å². The number of piperidine rings is 1. The molecule has 1 N–H and O–H groups in total. The fourth-order valence-electron chi connectivity index (χ4n) is 2.77. The van der Waals surface area contributed by atoms with Crippen molar-refractivity contribution in [3.63, 3.8) is 0 Å². The molecule has 1 fully saturated rings. The lowest BCUT2D eigenvalue weighted by atomic mass is 10.1. The molecule has 1 aromatic rings. The van der Waals surface area contributed by atoms with Gasteiger partial charge in [0.15, 0.2) is 0 Å². The van der Waals surface area contributed by atoms with Crippen LogP contribution in [0.15, 0.2) is 10.2 Å². The number of rotatable bonds is 4. The van der Waals surface area contributed by atoms with E-state index in [-0.39, 0.29) is 17.0 Å². The Balaban J connectivity index is 1.81. The van der Waals surface area contributed by atoms with Crippen LogP contribution in [0.25, 0.3) is 0 Å². The summed E-state index contributed by atoms with van der Waals surface area (Å²) in [6.45, 7) is 10.9. The summed E-state index contributed by atoms with van der Waals surface area (Å²) in [4.78, 5) is 26.0. The van der Waals surface area contributed by atoms with E-state index < -0.39 is 5.60 Å². The van der Waals surface area contributed by atoms with Gasteiger partial charge in [0.05, 0.1) is 0 Å². The van der Waals surface area contributed by atoms with Gasteiger partial charge in [0.2, 0.25) is 0 Å². The Morgan fingerprint density at radius 3 is 2.78 bits per heavy atom. The maximum Gasteiger partial charge on any atom is 0.407 e. The molecule has 0 spiro atoms. The molecule has 1 aliphatic heterocycles. The molecular formula is C16H27N3O3S. The van der Waals surface area contributed by atoms with Crippen LogP contribution in [0.1, 0.15) is 39.3 Å². The number of nitrogens with one attached hydrogen (secondary N) is 1. The molecule has 130 valence electrons. The number of carbonyl (C=O) groups is 1. The van der Waals surface area contributed by atoms with Crippen LogP contribution >= 0.6 is 11.3 Å². The topological polar surface area (TPSA) is 63.6 Å². The van der Waals surface area contributed by atoms with Crippen LogP contribution in [-0.4, -0.2) is 46.8 Å². The second-order valence-corrected chi connectivity index (χ2v) is 7.90. The zero-order valence-electron chi connectivity index (χ0n) is 14.4. The third kappa shape index (κ3) is 5.66. The quantitative estimate of drug-likeness (QED) is 0.912. The normalized spacial score (nSPS) is 19.6. The molecule has 0 radical (unpaired) electrons. The number of hydrogen-bond acceptors (Lipinski definition) is 5. The van der Waals surface area contributed by atoms with Gasteiger partial charge in [0, 0.05) is 36.8 Å². The third-order valence-electron chi connectivity index (χ3n) is 3.84. The molecule has 0 aromatic carbocycles. The first-order valence-electron chi connectivity index (χ1n) is 8.11. The van der Waals surface area contributed by atoms with Gasteiger partial charge in [-0.15, -0.1) is 0 Å². The molecule has 1 aliphatic rings. The van der Waals surface area contributed by atoms with Crippen LogP contribution in [0.5, 0.6) is 0 Å². The minimum Gasteiger partial charge on any atom is -0.444 e. The summed E-state index contributed by atoms with van der Waals surface area (Å²) in [6.07, 6.45) is 1.65. The van der Waals surface area contributed by atoms with E-state index in [1.165, 1.54) is 11.3 Å². The predicted octanol–water partition coefficient (Wildman–Crippen LogP) is 2.21. The Bertz CT molecular complexity index is 588. The first-order valence-corrected chi connectivity index (χ1v) is 8.99. The van der Waals surface area contributed by atoms with Crippen LogP contribution in [-0.2, 0) is 11.3 Å². The van der Waals surface area contributed by atoms with Gasteiger partial charge in [0.1, 0.15) is 5.60 Å². The molecule has 23 heavy (non-hydrogen) atoms. The van der Waals surface area contributed by atoms with Crippen LogP contribution in [0.2, 0.25) is 0 Å². The molecule has 1 saturated heterocycles. The van der Waals surface area contributed by atoms with Gasteiger partial charge >= 0.3 is 11.0 Å². The third-order valence-corrected chi connectivity index (χ3v) is 4.72. The number of ether oxygens (including phenoxy) is 1. The van der Waals surface area contributed by atoms with Gasteiger partial charge in [0.25, 0.3) is 0 Å². The Hall–Kier alpha value is -1.34. The number of amides is 1. The Labute approximate surface area is 141 Å². The van der Waals surface area contributed by atoms with Gasteiger partial charge in [-0.25, -0.2) is 4.79 Å². The molecule has 2 heterocycles. The van der Waals surface area contributed by atoms with Crippen LogP contribution in [0.4, 0.5) is 4.79 Å². The number of likely N-dealkylation sites (tertiary alicyclic amines) is 1. The highest BCUT2D eigenvalue weighted by Crippen LogP contribution is 2.12. The van der Waals surface area contributed by atoms with Crippen molar-refractivity contribution in [2.75, 3.05) is 19.6 Å². The number of aryl methyl sites for hydroxylation is 1. The zero-order chi connectivity index (χ0) is 17.0. The number of nitrogens with zero attached hydrogens (tertiary/aromatic N) is 2. The molecular weight excluding hydrogens is 314 g/mol. The second kappa shape index (κ2) is 7.49. The minimum atomic E-state index is -0.476. The van der Waals surface area contributed by atoms with E-state index in [0.29, 0.717) is 6.54 Å². The number of alkyl carbamates (subject to hydrolysis) is 1. The smallest absolute Gasteiger partial charge is 0.407 e. The van der Waals surface area contributed by atoms with Gasteiger partial charge in [-0.3, -0.25) is 9.69 Å². The average molecular weight is 341 g/mol. The SMILES string of the molecule is Cc1csc(=O)n1CCN1CCC[C@@H](NC(=O)OC(C)(C)C)C1. The number of carbonyl (C=O) groups excluding carboxylic acids is 1. The molecule has 0 bridgehead atoms. The Morgan fingerprint density at radius 1 is 1.43 bits per heavy atom. The Morgan fingerprint density at radius 2 is 2.17 bits per heavy atom. The van der Waals surface area contributed by atoms with E-state index in [4.69, 9.17) is 4.74 Å². The fourth-order valence-corrected chi connectivity index (χ4v) is 3.53. The zero-order valence-corrected chi connectivity index (χ0v) is 15.2. The lowest BCUT2D eigenvalue weighted by Gasteiger charge is -2.33. The van der Waals surface area contributed by atoms with Crippen molar-refractivity contribution in [3.8, 4) is 0 Å². The summed E-state index contributed by atoms with van der Waals surface area (Å²) in [7, 11) is 0. The first kappa shape index (κ1) is 18.0. The van der Waals surface area contributed by atoms with Crippen LogP contribution < -0.4 is 10.2 Å². The van der Waals surface area contributed by atoms with E-state index in [9.17, 15) is 9.59 Å². The maximum absolute atomic E-state index is 11.9. The van der Waals surface area contributed by atoms with Gasteiger partial charge in [-0.2, -0.15) is 0 Å². The lowest BCUT2D eigenvalue weighted by Crippen LogP contribution is -2.49. The lowest BCUT2D eigenvalue weighted by molar-refractivity contribution is 0.0471. The number of hydrogen-bond donors (Lipinski definition) is 1. The fraction of sp³-hybridized carbons (Fsp3) is 0.750. The summed E-state index contributed by atoms with van der Waals surface area (Å²) >= 11 is 1.25. The summed E-state index contributed by atoms with van der Waals surface area (Å²) in [5.41, 5.74) is 0.538. The Kier molecular flexibility index (Phi) is 5.86. The summed E-state index contributed by atoms with van der Waals surface area (Å²) in [5.74, 6) is 0. The first-order chi connectivity index (χ1) is 10.7. The summed E-state index contributed by atoms with van der Waals surface area (Å²) in [5, 5.41) is 4.85. The van der Waals surface area contributed by atoms with Crippen molar-refractivity contribution in [2.45, 2.75) is 58.7 Å². The van der Waals surface area contributed by atoms with E-state index in [1.54, 1.807) is 0 Å². The van der Waals surface area contributed by atoms with Crippen molar-refractivity contribution in [3.05, 3.63) is 20.7 Å². The van der Waals surface area contributed by atoms with Crippen molar-refractivity contribution < 1.29 is 9.53 Å². The van der Waals surface area contributed by atoms with Crippen molar-refractivity contribution in [1.82, 2.24) is 14.8 Å². The molecule has 1 atom stereocenters. The van der Waals surface area contributed by atoms with Crippen molar-refractivity contribution >= 4 is 17.4 Å². The van der Waals surface area contributed by atoms with Crippen LogP contribution in [0.3, 0.4) is 0 Å². The standard InChI is InChI=1S/C16H27N3O3S/c1-12-11-23-15(21)19(12)9-8-18-7-5-6-13(10-18)17-14(20)22-16(2,3)4/h11,13H,5-10H2,1-4H3,(H,17,20)/t13-/m1/s1. The van der Waals surface area contributed by atoms with Crippen molar-refractivity contribution in [2.24, 2.45) is 0 Å². The molecule has 2 rings (SSSR count). The van der Waals surface area contributed by atoms with E-state index in [1.807, 2.05) is 37.6 Å². The largest absolute Gasteiger partial charge is 0.444 e. The van der Waals surface area contributed by atoms with Crippen LogP contribution in [0, 0.1) is 6.92 Å². The summed E-state index contributed by atoms with van der Waals surface area (Å²) < 4.78 is 7.13. The minimum absolute atomic E-state index is 0.0999. The molecule has 0 aliphatic carbocycles. The summed E-state index contributed by atoms with van der Waals surface area (Å²) in [6, 6.07) is 0.110. The molecule has 0 unspecified atom stereocenters. The molecule has 7 heteroatoms. The monoisotopic (exact) mass is 341 g/mol. The average Bonchev–Trinajstić information content (AvgIpc) is 2.74. The van der Waals surface area contributed by atoms with E-state index >= 15 is 0 Å². The van der Waals surface area contributed by atoms with E-state index in [2.05, 4.69) is 10.2 Å². The highest BCUT2D eigenvalue weighted by atomic mass is 32.1. The highest BCUT2D eigenvalue weighted by Gasteiger charge is 2.24. The van der Waals surface area contributed by atoms with Gasteiger partial charge in [-0.05, 0) is 47.1 Å². The molecule has 6 nitrogen and oxygen atoms in total. The van der Waals surface area contributed by atoms with E-state index in [0.717, 1.165) is 38.2 Å². The van der Waals surface area contributed by atoms with Crippen molar-refractivity contribution in [1.29, 1.82) is 0 Å². The predicted molar refractivity (Wildman–Crippen MR) is 92.1 cm³/mol. The maximum atomic E-state index is 11.9. The highest BCUT2D eigenvalue weighted by molar-refractivity contribution is 7.07. The number of thiazole rings is 1. The molecule has 0 saturated carbocycles. The van der Waals surface area contributed by atoms with Gasteiger partial charge in [-0.1, -0.05) is 11.3 Å². The second-order valence-electron chi connectivity index (χ2n) is 7.08. The molecule has 1 aromatic heterocycles. The number of aromatic nitrogens is 1.